The number of hydrogen-bond acceptors (Lipinski definition) is 0. The lowest BCUT2D eigenvalue weighted by Gasteiger charge is -2.55. The van der Waals surface area contributed by atoms with Crippen LogP contribution in [0.4, 0.5) is 0 Å². The van der Waals surface area contributed by atoms with E-state index >= 15 is 0 Å². The molecule has 0 saturated heterocycles. The zero-order valence-electron chi connectivity index (χ0n) is 13.9. The van der Waals surface area contributed by atoms with Crippen LogP contribution < -0.4 is 0 Å². The summed E-state index contributed by atoms with van der Waals surface area (Å²) in [6.45, 7) is 18.9. The van der Waals surface area contributed by atoms with E-state index in [1.807, 2.05) is 0 Å². The first-order chi connectivity index (χ1) is 9.96. The van der Waals surface area contributed by atoms with Gasteiger partial charge in [-0.25, -0.2) is 6.57 Å². The third-order valence-electron chi connectivity index (χ3n) is 6.63. The monoisotopic (exact) mass is 283 g/mol. The van der Waals surface area contributed by atoms with E-state index in [2.05, 4.69) is 38.3 Å². The molecule has 3 fully saturated rings. The molecule has 0 aromatic heterocycles. The Morgan fingerprint density at radius 2 is 2.05 bits per heavy atom. The van der Waals surface area contributed by atoms with Crippen LogP contribution in [-0.4, -0.2) is 5.54 Å². The van der Waals surface area contributed by atoms with Crippen LogP contribution in [0.25, 0.3) is 4.85 Å². The molecule has 0 heterocycles. The Morgan fingerprint density at radius 3 is 2.71 bits per heavy atom. The van der Waals surface area contributed by atoms with Gasteiger partial charge in [0.1, 0.15) is 0 Å². The van der Waals surface area contributed by atoms with Crippen molar-refractivity contribution in [3.05, 3.63) is 35.2 Å². The summed E-state index contributed by atoms with van der Waals surface area (Å²) in [5.41, 5.74) is 2.82. The van der Waals surface area contributed by atoms with E-state index in [1.165, 1.54) is 36.8 Å². The number of rotatable bonds is 1. The Morgan fingerprint density at radius 1 is 1.29 bits per heavy atom. The average molecular weight is 283 g/mol. The second kappa shape index (κ2) is 5.31. The second-order valence-electron chi connectivity index (χ2n) is 8.16. The van der Waals surface area contributed by atoms with Gasteiger partial charge in [0.05, 0.1) is 0 Å². The molecular weight excluding hydrogens is 254 g/mol. The van der Waals surface area contributed by atoms with Gasteiger partial charge in [-0.05, 0) is 69.6 Å². The fraction of sp³-hybridized carbons (Fsp3) is 0.750. The van der Waals surface area contributed by atoms with E-state index in [1.54, 1.807) is 0 Å². The smallest absolute Gasteiger partial charge is 0.233 e. The van der Waals surface area contributed by atoms with Crippen molar-refractivity contribution in [1.82, 2.24) is 0 Å². The highest BCUT2D eigenvalue weighted by molar-refractivity contribution is 5.22. The maximum absolute atomic E-state index is 7.73. The van der Waals surface area contributed by atoms with Gasteiger partial charge in [-0.1, -0.05) is 23.8 Å². The van der Waals surface area contributed by atoms with Crippen LogP contribution in [0.15, 0.2) is 23.8 Å². The van der Waals surface area contributed by atoms with Gasteiger partial charge in [-0.3, -0.25) is 0 Å². The minimum atomic E-state index is -0.104. The summed E-state index contributed by atoms with van der Waals surface area (Å²) < 4.78 is 0. The molecule has 6 atom stereocenters. The molecule has 0 bridgehead atoms. The van der Waals surface area contributed by atoms with Gasteiger partial charge in [-0.15, -0.1) is 0 Å². The average Bonchev–Trinajstić information content (AvgIpc) is 2.45. The van der Waals surface area contributed by atoms with Crippen molar-refractivity contribution in [3.63, 3.8) is 0 Å². The zero-order chi connectivity index (χ0) is 15.2. The van der Waals surface area contributed by atoms with Crippen molar-refractivity contribution >= 4 is 0 Å². The van der Waals surface area contributed by atoms with Gasteiger partial charge in [0.25, 0.3) is 0 Å². The summed E-state index contributed by atoms with van der Waals surface area (Å²) in [5, 5.41) is 0. The summed E-state index contributed by atoms with van der Waals surface area (Å²) in [5.74, 6) is 3.53. The summed E-state index contributed by atoms with van der Waals surface area (Å²) >= 11 is 0. The van der Waals surface area contributed by atoms with Gasteiger partial charge in [0.15, 0.2) is 0 Å². The van der Waals surface area contributed by atoms with Gasteiger partial charge in [0, 0.05) is 19.3 Å². The number of hydrogen-bond donors (Lipinski definition) is 0. The Hall–Kier alpha value is -1.03. The molecule has 3 aliphatic carbocycles. The summed E-state index contributed by atoms with van der Waals surface area (Å²) in [6, 6.07) is 0. The molecule has 3 saturated carbocycles. The van der Waals surface area contributed by atoms with Gasteiger partial charge in [-0.2, -0.15) is 0 Å². The van der Waals surface area contributed by atoms with Crippen molar-refractivity contribution in [1.29, 1.82) is 0 Å². The van der Waals surface area contributed by atoms with Gasteiger partial charge >= 0.3 is 0 Å². The molecule has 1 heteroatoms. The van der Waals surface area contributed by atoms with E-state index < -0.39 is 0 Å². The highest BCUT2D eigenvalue weighted by atomic mass is 14.8. The van der Waals surface area contributed by atoms with E-state index in [4.69, 9.17) is 6.57 Å². The summed E-state index contributed by atoms with van der Waals surface area (Å²) in [4.78, 5) is 4.11. The lowest BCUT2D eigenvalue weighted by molar-refractivity contribution is -0.0108. The first kappa shape index (κ1) is 14.9. The van der Waals surface area contributed by atoms with Crippen molar-refractivity contribution < 1.29 is 0 Å². The minimum Gasteiger partial charge on any atom is -0.310 e. The van der Waals surface area contributed by atoms with Crippen molar-refractivity contribution in [2.45, 2.75) is 64.8 Å². The molecule has 0 spiro atoms. The van der Waals surface area contributed by atoms with Crippen LogP contribution in [0, 0.1) is 36.2 Å². The highest BCUT2D eigenvalue weighted by Gasteiger charge is 2.57. The first-order valence-corrected chi connectivity index (χ1v) is 8.67. The summed E-state index contributed by atoms with van der Waals surface area (Å²) in [7, 11) is 0. The Kier molecular flexibility index (Phi) is 3.76. The number of allylic oxidation sites excluding steroid dienone is 3. The third-order valence-corrected chi connectivity index (χ3v) is 6.63. The van der Waals surface area contributed by atoms with Crippen molar-refractivity contribution in [2.24, 2.45) is 29.6 Å². The van der Waals surface area contributed by atoms with E-state index in [0.717, 1.165) is 24.7 Å². The fourth-order valence-electron chi connectivity index (χ4n) is 5.69. The van der Waals surface area contributed by atoms with Crippen molar-refractivity contribution in [3.8, 4) is 0 Å². The lowest BCUT2D eigenvalue weighted by Crippen LogP contribution is -2.52. The van der Waals surface area contributed by atoms with E-state index in [0.29, 0.717) is 17.8 Å². The molecule has 0 aliphatic heterocycles. The zero-order valence-corrected chi connectivity index (χ0v) is 13.9. The predicted octanol–water partition coefficient (Wildman–Crippen LogP) is 5.65. The SMILES string of the molecule is [C-]#[N+][C@@]1(C)CC[C@@H]2CC[C@H](C=C(C)C)[C@@H]3C(=C)CC[C@H]1[C@@H]23. The molecule has 0 unspecified atom stereocenters. The van der Waals surface area contributed by atoms with Gasteiger partial charge < -0.3 is 4.85 Å². The molecule has 114 valence electrons. The quantitative estimate of drug-likeness (QED) is 0.433. The predicted molar refractivity (Wildman–Crippen MR) is 88.7 cm³/mol. The normalized spacial score (nSPS) is 45.4. The molecule has 0 amide bonds. The molecule has 0 aromatic rings. The molecular formula is C20H29N. The maximum atomic E-state index is 7.73. The van der Waals surface area contributed by atoms with Crippen LogP contribution in [-0.2, 0) is 0 Å². The molecule has 0 aromatic carbocycles. The Labute approximate surface area is 130 Å². The Balaban J connectivity index is 1.98. The largest absolute Gasteiger partial charge is 0.310 e. The minimum absolute atomic E-state index is 0.104. The van der Waals surface area contributed by atoms with Crippen molar-refractivity contribution in [2.75, 3.05) is 0 Å². The second-order valence-corrected chi connectivity index (χ2v) is 8.16. The molecule has 21 heavy (non-hydrogen) atoms. The summed E-state index contributed by atoms with van der Waals surface area (Å²) in [6.07, 6.45) is 9.94. The van der Waals surface area contributed by atoms with Crippen LogP contribution in [0.3, 0.4) is 0 Å². The maximum Gasteiger partial charge on any atom is 0.233 e. The molecule has 0 radical (unpaired) electrons. The van der Waals surface area contributed by atoms with Crippen LogP contribution in [0.1, 0.15) is 59.3 Å². The topological polar surface area (TPSA) is 4.36 Å². The van der Waals surface area contributed by atoms with Gasteiger partial charge in [0.2, 0.25) is 5.54 Å². The van der Waals surface area contributed by atoms with Crippen LogP contribution >= 0.6 is 0 Å². The van der Waals surface area contributed by atoms with E-state index in [9.17, 15) is 0 Å². The van der Waals surface area contributed by atoms with E-state index in [-0.39, 0.29) is 5.54 Å². The number of nitrogens with zero attached hydrogens (tertiary/aromatic N) is 1. The van der Waals surface area contributed by atoms with Crippen LogP contribution in [0.2, 0.25) is 0 Å². The molecule has 3 rings (SSSR count). The lowest BCUT2D eigenvalue weighted by atomic mass is 9.48. The third kappa shape index (κ3) is 2.37. The van der Waals surface area contributed by atoms with Crippen LogP contribution in [0.5, 0.6) is 0 Å². The standard InChI is InChI=1S/C20H29N/c1-13(2)12-16-8-7-15-10-11-20(4,21-5)17-9-6-14(3)18(16)19(15)17/h12,15-19H,3,6-11H2,1-2,4H3/t15-,16+,17-,18-,19+,20-/m0/s1. The molecule has 1 nitrogen and oxygen atoms in total. The Bertz CT molecular complexity index is 504. The fourth-order valence-corrected chi connectivity index (χ4v) is 5.69. The molecule has 0 N–H and O–H groups in total. The molecule has 3 aliphatic rings. The first-order valence-electron chi connectivity index (χ1n) is 8.67. The highest BCUT2D eigenvalue weighted by Crippen LogP contribution is 2.59.